The second kappa shape index (κ2) is 6.11. The van der Waals surface area contributed by atoms with Crippen molar-refractivity contribution in [3.05, 3.63) is 0 Å². The summed E-state index contributed by atoms with van der Waals surface area (Å²) in [6, 6.07) is 0.217. The molecule has 1 atom stereocenters. The van der Waals surface area contributed by atoms with Crippen LogP contribution in [0.15, 0.2) is 0 Å². The Hall–Kier alpha value is -0.570. The van der Waals surface area contributed by atoms with E-state index in [1.54, 1.807) is 0 Å². The van der Waals surface area contributed by atoms with Gasteiger partial charge in [0.1, 0.15) is 0 Å². The lowest BCUT2D eigenvalue weighted by Gasteiger charge is -2.17. The van der Waals surface area contributed by atoms with Gasteiger partial charge in [-0.25, -0.2) is 0 Å². The molecule has 0 spiro atoms. The van der Waals surface area contributed by atoms with Crippen LogP contribution in [0, 0.1) is 11.8 Å². The van der Waals surface area contributed by atoms with Crippen LogP contribution in [0.25, 0.3) is 0 Å². The van der Waals surface area contributed by atoms with Crippen molar-refractivity contribution in [3.8, 4) is 0 Å². The first-order chi connectivity index (χ1) is 7.13. The van der Waals surface area contributed by atoms with Crippen molar-refractivity contribution in [2.75, 3.05) is 6.61 Å². The zero-order valence-corrected chi connectivity index (χ0v) is 9.83. The largest absolute Gasteiger partial charge is 0.396 e. The van der Waals surface area contributed by atoms with E-state index in [4.69, 9.17) is 5.11 Å². The van der Waals surface area contributed by atoms with Gasteiger partial charge in [0.2, 0.25) is 5.91 Å². The molecular weight excluding hydrogens is 190 g/mol. The lowest BCUT2D eigenvalue weighted by Crippen LogP contribution is -2.37. The average molecular weight is 213 g/mol. The summed E-state index contributed by atoms with van der Waals surface area (Å²) in [5.74, 6) is 1.35. The van der Waals surface area contributed by atoms with Crippen molar-refractivity contribution in [2.45, 2.75) is 52.0 Å². The molecule has 0 heterocycles. The van der Waals surface area contributed by atoms with Crippen LogP contribution in [-0.2, 0) is 4.79 Å². The second-order valence-electron chi connectivity index (χ2n) is 4.96. The van der Waals surface area contributed by atoms with E-state index < -0.39 is 0 Å². The Bertz CT molecular complexity index is 200. The normalized spacial score (nSPS) is 17.9. The van der Waals surface area contributed by atoms with Crippen LogP contribution in [0.5, 0.6) is 0 Å². The minimum atomic E-state index is 0.147. The molecule has 0 aromatic heterocycles. The van der Waals surface area contributed by atoms with Crippen LogP contribution in [0.4, 0.5) is 0 Å². The van der Waals surface area contributed by atoms with E-state index in [9.17, 15) is 4.79 Å². The maximum Gasteiger partial charge on any atom is 0.220 e. The fourth-order valence-corrected chi connectivity index (χ4v) is 1.76. The Labute approximate surface area is 92.3 Å². The van der Waals surface area contributed by atoms with Gasteiger partial charge in [0, 0.05) is 19.1 Å². The lowest BCUT2D eigenvalue weighted by atomic mass is 10.1. The van der Waals surface area contributed by atoms with Gasteiger partial charge in [-0.05, 0) is 37.5 Å². The van der Waals surface area contributed by atoms with Gasteiger partial charge < -0.3 is 10.4 Å². The molecule has 0 saturated heterocycles. The van der Waals surface area contributed by atoms with Crippen LogP contribution in [0.3, 0.4) is 0 Å². The van der Waals surface area contributed by atoms with E-state index in [0.717, 1.165) is 6.42 Å². The van der Waals surface area contributed by atoms with Gasteiger partial charge in [-0.3, -0.25) is 4.79 Å². The molecular formula is C12H23NO2. The Balaban J connectivity index is 2.21. The third-order valence-electron chi connectivity index (χ3n) is 2.93. The van der Waals surface area contributed by atoms with Gasteiger partial charge in [0.15, 0.2) is 0 Å². The lowest BCUT2D eigenvalue weighted by molar-refractivity contribution is -0.122. The fourth-order valence-electron chi connectivity index (χ4n) is 1.76. The highest BCUT2D eigenvalue weighted by Gasteiger charge is 2.31. The van der Waals surface area contributed by atoms with E-state index >= 15 is 0 Å². The predicted octanol–water partition coefficient (Wildman–Crippen LogP) is 1.70. The van der Waals surface area contributed by atoms with E-state index in [1.807, 2.05) is 0 Å². The summed E-state index contributed by atoms with van der Waals surface area (Å²) in [7, 11) is 0. The molecule has 3 heteroatoms. The van der Waals surface area contributed by atoms with Gasteiger partial charge >= 0.3 is 0 Å². The minimum absolute atomic E-state index is 0.147. The van der Waals surface area contributed by atoms with Crippen molar-refractivity contribution in [1.82, 2.24) is 5.32 Å². The van der Waals surface area contributed by atoms with Crippen molar-refractivity contribution < 1.29 is 9.90 Å². The standard InChI is InChI=1S/C12H23NO2/c1-9(2)3-6-12(15)13-11(7-8-14)10-4-5-10/h9-11,14H,3-8H2,1-2H3,(H,13,15). The van der Waals surface area contributed by atoms with Gasteiger partial charge in [-0.15, -0.1) is 0 Å². The minimum Gasteiger partial charge on any atom is -0.396 e. The summed E-state index contributed by atoms with van der Waals surface area (Å²) in [6.07, 6.45) is 4.68. The Morgan fingerprint density at radius 2 is 2.07 bits per heavy atom. The highest BCUT2D eigenvalue weighted by atomic mass is 16.3. The molecule has 1 fully saturated rings. The summed E-state index contributed by atoms with van der Waals surface area (Å²) >= 11 is 0. The zero-order valence-electron chi connectivity index (χ0n) is 9.83. The van der Waals surface area contributed by atoms with Crippen molar-refractivity contribution >= 4 is 5.91 Å². The van der Waals surface area contributed by atoms with Crippen LogP contribution in [-0.4, -0.2) is 23.7 Å². The molecule has 1 amide bonds. The molecule has 88 valence electrons. The van der Waals surface area contributed by atoms with Crippen molar-refractivity contribution in [3.63, 3.8) is 0 Å². The van der Waals surface area contributed by atoms with Gasteiger partial charge in [0.25, 0.3) is 0 Å². The van der Waals surface area contributed by atoms with E-state index in [2.05, 4.69) is 19.2 Å². The highest BCUT2D eigenvalue weighted by molar-refractivity contribution is 5.76. The maximum atomic E-state index is 11.6. The Kier molecular flexibility index (Phi) is 5.09. The smallest absolute Gasteiger partial charge is 0.220 e. The van der Waals surface area contributed by atoms with E-state index in [1.165, 1.54) is 12.8 Å². The third kappa shape index (κ3) is 5.17. The first kappa shape index (κ1) is 12.5. The van der Waals surface area contributed by atoms with Gasteiger partial charge in [0.05, 0.1) is 0 Å². The number of nitrogens with one attached hydrogen (secondary N) is 1. The SMILES string of the molecule is CC(C)CCC(=O)NC(CCO)C1CC1. The van der Waals surface area contributed by atoms with Crippen LogP contribution in [0.1, 0.15) is 46.0 Å². The number of hydrogen-bond acceptors (Lipinski definition) is 2. The molecule has 1 unspecified atom stereocenters. The molecule has 1 aliphatic carbocycles. The number of aliphatic hydroxyl groups is 1. The zero-order chi connectivity index (χ0) is 11.3. The Morgan fingerprint density at radius 3 is 2.53 bits per heavy atom. The quantitative estimate of drug-likeness (QED) is 0.676. The number of aliphatic hydroxyl groups excluding tert-OH is 1. The molecule has 0 aromatic rings. The van der Waals surface area contributed by atoms with Crippen LogP contribution in [0.2, 0.25) is 0 Å². The van der Waals surface area contributed by atoms with E-state index in [-0.39, 0.29) is 18.6 Å². The highest BCUT2D eigenvalue weighted by Crippen LogP contribution is 2.33. The number of carbonyl (C=O) groups is 1. The second-order valence-corrected chi connectivity index (χ2v) is 4.96. The molecule has 1 saturated carbocycles. The Morgan fingerprint density at radius 1 is 1.40 bits per heavy atom. The number of hydrogen-bond donors (Lipinski definition) is 2. The monoisotopic (exact) mass is 213 g/mol. The summed E-state index contributed by atoms with van der Waals surface area (Å²) in [5.41, 5.74) is 0. The molecule has 2 N–H and O–H groups in total. The first-order valence-electron chi connectivity index (χ1n) is 6.03. The summed E-state index contributed by atoms with van der Waals surface area (Å²) in [6.45, 7) is 4.42. The van der Waals surface area contributed by atoms with Crippen molar-refractivity contribution in [2.24, 2.45) is 11.8 Å². The molecule has 3 nitrogen and oxygen atoms in total. The van der Waals surface area contributed by atoms with Crippen LogP contribution >= 0.6 is 0 Å². The molecule has 0 aromatic carbocycles. The predicted molar refractivity (Wildman–Crippen MR) is 60.4 cm³/mol. The summed E-state index contributed by atoms with van der Waals surface area (Å²) in [5, 5.41) is 11.9. The van der Waals surface area contributed by atoms with E-state index in [0.29, 0.717) is 24.7 Å². The topological polar surface area (TPSA) is 49.3 Å². The molecule has 1 rings (SSSR count). The van der Waals surface area contributed by atoms with Gasteiger partial charge in [-0.1, -0.05) is 13.8 Å². The summed E-state index contributed by atoms with van der Waals surface area (Å²) < 4.78 is 0. The molecule has 15 heavy (non-hydrogen) atoms. The number of carbonyl (C=O) groups excluding carboxylic acids is 1. The molecule has 0 radical (unpaired) electrons. The molecule has 1 aliphatic rings. The average Bonchev–Trinajstić information content (AvgIpc) is 2.97. The molecule has 0 aliphatic heterocycles. The maximum absolute atomic E-state index is 11.6. The molecule has 0 bridgehead atoms. The first-order valence-corrected chi connectivity index (χ1v) is 6.03. The van der Waals surface area contributed by atoms with Gasteiger partial charge in [-0.2, -0.15) is 0 Å². The fraction of sp³-hybridized carbons (Fsp3) is 0.917. The number of amides is 1. The van der Waals surface area contributed by atoms with Crippen LogP contribution < -0.4 is 5.32 Å². The summed E-state index contributed by atoms with van der Waals surface area (Å²) in [4.78, 5) is 11.6. The van der Waals surface area contributed by atoms with Crippen molar-refractivity contribution in [1.29, 1.82) is 0 Å². The number of rotatable bonds is 7. The third-order valence-corrected chi connectivity index (χ3v) is 2.93.